The highest BCUT2D eigenvalue weighted by Crippen LogP contribution is 2.25. The second-order valence-corrected chi connectivity index (χ2v) is 5.97. The molecule has 2 amide bonds. The largest absolute Gasteiger partial charge is 0.337 e. The fourth-order valence-corrected chi connectivity index (χ4v) is 2.89. The Balaban J connectivity index is 1.79. The van der Waals surface area contributed by atoms with Gasteiger partial charge in [0.05, 0.1) is 11.5 Å². The molecular weight excluding hydrogens is 322 g/mol. The quantitative estimate of drug-likeness (QED) is 0.685. The first kappa shape index (κ1) is 16.6. The van der Waals surface area contributed by atoms with Crippen LogP contribution in [0.3, 0.4) is 0 Å². The van der Waals surface area contributed by atoms with Gasteiger partial charge in [-0.05, 0) is 30.2 Å². The Morgan fingerprint density at radius 2 is 2.00 bits per heavy atom. The second kappa shape index (κ2) is 6.72. The molecule has 1 N–H and O–H groups in total. The lowest BCUT2D eigenvalue weighted by Crippen LogP contribution is -2.27. The van der Waals surface area contributed by atoms with E-state index in [-0.39, 0.29) is 24.0 Å². The molecule has 0 spiro atoms. The third kappa shape index (κ3) is 3.50. The van der Waals surface area contributed by atoms with Crippen LogP contribution in [0.15, 0.2) is 42.5 Å². The molecule has 1 heterocycles. The van der Waals surface area contributed by atoms with Crippen molar-refractivity contribution in [3.05, 3.63) is 69.3 Å². The average molecular weight is 339 g/mol. The summed E-state index contributed by atoms with van der Waals surface area (Å²) < 4.78 is 0. The van der Waals surface area contributed by atoms with E-state index in [9.17, 15) is 19.7 Å². The Kier molecular flexibility index (Phi) is 4.47. The number of benzene rings is 2. The van der Waals surface area contributed by atoms with Crippen molar-refractivity contribution in [3.63, 3.8) is 0 Å². The minimum absolute atomic E-state index is 0.00435. The molecule has 0 unspecified atom stereocenters. The summed E-state index contributed by atoms with van der Waals surface area (Å²) in [5.74, 6) is -0.252. The number of aryl methyl sites for hydroxylation is 1. The van der Waals surface area contributed by atoms with Gasteiger partial charge in [0.15, 0.2) is 0 Å². The Hall–Kier alpha value is -3.22. The summed E-state index contributed by atoms with van der Waals surface area (Å²) in [6.07, 6.45) is 0.993. The normalized spacial score (nSPS) is 12.9. The molecule has 0 bridgehead atoms. The molecule has 1 aliphatic heterocycles. The number of hydrogen-bond acceptors (Lipinski definition) is 4. The van der Waals surface area contributed by atoms with Gasteiger partial charge < -0.3 is 10.2 Å². The van der Waals surface area contributed by atoms with Gasteiger partial charge in [-0.2, -0.15) is 0 Å². The number of nitrogens with one attached hydrogen (secondary N) is 1. The van der Waals surface area contributed by atoms with E-state index >= 15 is 0 Å². The number of para-hydroxylation sites is 1. The molecule has 128 valence electrons. The van der Waals surface area contributed by atoms with Crippen LogP contribution in [0.2, 0.25) is 0 Å². The van der Waals surface area contributed by atoms with Crippen molar-refractivity contribution in [3.8, 4) is 0 Å². The minimum atomic E-state index is -0.449. The van der Waals surface area contributed by atoms with Gasteiger partial charge in [-0.1, -0.05) is 18.2 Å². The lowest BCUT2D eigenvalue weighted by molar-refractivity contribution is -0.385. The maximum Gasteiger partial charge on any atom is 0.274 e. The maximum atomic E-state index is 12.6. The monoisotopic (exact) mass is 339 g/mol. The van der Waals surface area contributed by atoms with Gasteiger partial charge in [0.25, 0.3) is 11.6 Å². The van der Waals surface area contributed by atoms with Crippen molar-refractivity contribution in [1.29, 1.82) is 0 Å². The van der Waals surface area contributed by atoms with Crippen molar-refractivity contribution in [1.82, 2.24) is 4.90 Å². The topological polar surface area (TPSA) is 92.5 Å². The third-order valence-electron chi connectivity index (χ3n) is 4.19. The first-order chi connectivity index (χ1) is 12.0. The summed E-state index contributed by atoms with van der Waals surface area (Å²) in [4.78, 5) is 36.1. The van der Waals surface area contributed by atoms with Crippen molar-refractivity contribution in [2.24, 2.45) is 0 Å². The van der Waals surface area contributed by atoms with E-state index in [4.69, 9.17) is 0 Å². The summed E-state index contributed by atoms with van der Waals surface area (Å²) in [7, 11) is 1.61. The van der Waals surface area contributed by atoms with Crippen molar-refractivity contribution < 1.29 is 14.5 Å². The molecule has 0 radical (unpaired) electrons. The average Bonchev–Trinajstić information content (AvgIpc) is 2.60. The number of rotatable bonds is 4. The smallest absolute Gasteiger partial charge is 0.274 e. The van der Waals surface area contributed by atoms with Crippen LogP contribution >= 0.6 is 0 Å². The zero-order valence-electron chi connectivity index (χ0n) is 13.7. The molecule has 0 atom stereocenters. The standard InChI is InChI=1S/C18H17N3O4/c1-20(11-14-4-2-3-5-16(14)21(24)25)18(23)13-6-8-15-12(10-13)7-9-17(22)19-15/h2-6,8,10H,7,9,11H2,1H3,(H,19,22). The predicted molar refractivity (Wildman–Crippen MR) is 92.3 cm³/mol. The number of carbonyl (C=O) groups is 2. The summed E-state index contributed by atoms with van der Waals surface area (Å²) in [5, 5.41) is 13.9. The van der Waals surface area contributed by atoms with E-state index in [1.54, 1.807) is 43.4 Å². The number of carbonyl (C=O) groups excluding carboxylic acids is 2. The Labute approximate surface area is 144 Å². The van der Waals surface area contributed by atoms with E-state index in [1.165, 1.54) is 11.0 Å². The van der Waals surface area contributed by atoms with Gasteiger partial charge in [-0.15, -0.1) is 0 Å². The van der Waals surface area contributed by atoms with Gasteiger partial charge in [0.1, 0.15) is 0 Å². The number of anilines is 1. The molecule has 0 saturated heterocycles. The molecule has 2 aromatic carbocycles. The van der Waals surface area contributed by atoms with E-state index < -0.39 is 4.92 Å². The highest BCUT2D eigenvalue weighted by Gasteiger charge is 2.20. The minimum Gasteiger partial charge on any atom is -0.337 e. The van der Waals surface area contributed by atoms with Crippen LogP contribution in [0.1, 0.15) is 27.9 Å². The zero-order valence-corrected chi connectivity index (χ0v) is 13.7. The molecule has 2 aromatic rings. The Morgan fingerprint density at radius 3 is 2.76 bits per heavy atom. The molecule has 0 aromatic heterocycles. The first-order valence-electron chi connectivity index (χ1n) is 7.86. The SMILES string of the molecule is CN(Cc1ccccc1[N+](=O)[O-])C(=O)c1ccc2c(c1)CCC(=O)N2. The summed E-state index contributed by atoms with van der Waals surface area (Å²) in [6.45, 7) is 0.143. The van der Waals surface area contributed by atoms with Gasteiger partial charge in [-0.25, -0.2) is 0 Å². The summed E-state index contributed by atoms with van der Waals surface area (Å²) in [5.41, 5.74) is 2.62. The summed E-state index contributed by atoms with van der Waals surface area (Å²) in [6, 6.07) is 11.5. The van der Waals surface area contributed by atoms with E-state index in [0.29, 0.717) is 24.0 Å². The van der Waals surface area contributed by atoms with Gasteiger partial charge in [-0.3, -0.25) is 19.7 Å². The highest BCUT2D eigenvalue weighted by atomic mass is 16.6. The molecule has 7 nitrogen and oxygen atoms in total. The lowest BCUT2D eigenvalue weighted by atomic mass is 10.00. The van der Waals surface area contributed by atoms with Crippen LogP contribution in [0, 0.1) is 10.1 Å². The van der Waals surface area contributed by atoms with Gasteiger partial charge in [0.2, 0.25) is 5.91 Å². The molecule has 0 aliphatic carbocycles. The van der Waals surface area contributed by atoms with Crippen molar-refractivity contribution in [2.45, 2.75) is 19.4 Å². The first-order valence-corrected chi connectivity index (χ1v) is 7.86. The molecule has 0 saturated carbocycles. The van der Waals surface area contributed by atoms with Crippen LogP contribution < -0.4 is 5.32 Å². The molecule has 3 rings (SSSR count). The maximum absolute atomic E-state index is 12.6. The van der Waals surface area contributed by atoms with E-state index in [0.717, 1.165) is 11.3 Å². The lowest BCUT2D eigenvalue weighted by Gasteiger charge is -2.20. The molecular formula is C18H17N3O4. The molecule has 1 aliphatic rings. The van der Waals surface area contributed by atoms with Crippen LogP contribution in [0.25, 0.3) is 0 Å². The number of nitro groups is 1. The fourth-order valence-electron chi connectivity index (χ4n) is 2.89. The molecule has 7 heteroatoms. The molecule has 0 fully saturated rings. The van der Waals surface area contributed by atoms with Crippen molar-refractivity contribution >= 4 is 23.2 Å². The van der Waals surface area contributed by atoms with E-state index in [1.807, 2.05) is 0 Å². The second-order valence-electron chi connectivity index (χ2n) is 5.97. The van der Waals surface area contributed by atoms with Gasteiger partial charge >= 0.3 is 0 Å². The zero-order chi connectivity index (χ0) is 18.0. The Morgan fingerprint density at radius 1 is 1.24 bits per heavy atom. The summed E-state index contributed by atoms with van der Waals surface area (Å²) >= 11 is 0. The van der Waals surface area contributed by atoms with Crippen LogP contribution in [0.5, 0.6) is 0 Å². The predicted octanol–water partition coefficient (Wildman–Crippen LogP) is 2.75. The van der Waals surface area contributed by atoms with Crippen LogP contribution in [-0.2, 0) is 17.8 Å². The number of nitro benzene ring substituents is 1. The van der Waals surface area contributed by atoms with E-state index in [2.05, 4.69) is 5.32 Å². The van der Waals surface area contributed by atoms with Crippen LogP contribution in [-0.4, -0.2) is 28.7 Å². The number of fused-ring (bicyclic) bond motifs is 1. The van der Waals surface area contributed by atoms with Crippen molar-refractivity contribution in [2.75, 3.05) is 12.4 Å². The Bertz CT molecular complexity index is 863. The fraction of sp³-hybridized carbons (Fsp3) is 0.222. The number of nitrogens with zero attached hydrogens (tertiary/aromatic N) is 2. The molecule has 25 heavy (non-hydrogen) atoms. The number of amides is 2. The third-order valence-corrected chi connectivity index (χ3v) is 4.19. The highest BCUT2D eigenvalue weighted by molar-refractivity contribution is 5.97. The number of hydrogen-bond donors (Lipinski definition) is 1. The van der Waals surface area contributed by atoms with Crippen LogP contribution in [0.4, 0.5) is 11.4 Å². The van der Waals surface area contributed by atoms with Gasteiger partial charge in [0, 0.05) is 36.3 Å².